The number of carbonyl (C=O) groups excluding carboxylic acids is 2. The standard InChI is InChI=1S/C19H23BrN2O4/c1-5-25-19(24)16-12(2)17(21-13(16)3)18(23)22(4)10-11-26-15-8-6-14(20)7-9-15/h6-9,21H,5,10-11H2,1-4H3. The number of benzene rings is 1. The molecule has 0 unspecified atom stereocenters. The van der Waals surface area contributed by atoms with Crippen molar-refractivity contribution < 1.29 is 19.1 Å². The van der Waals surface area contributed by atoms with Gasteiger partial charge in [0.1, 0.15) is 18.1 Å². The van der Waals surface area contributed by atoms with E-state index in [0.717, 1.165) is 10.2 Å². The fraction of sp³-hybridized carbons (Fsp3) is 0.368. The molecule has 1 aromatic carbocycles. The average Bonchev–Trinajstić information content (AvgIpc) is 2.90. The van der Waals surface area contributed by atoms with Crippen LogP contribution < -0.4 is 4.74 Å². The van der Waals surface area contributed by atoms with E-state index in [9.17, 15) is 9.59 Å². The summed E-state index contributed by atoms with van der Waals surface area (Å²) in [6.07, 6.45) is 0. The first-order valence-electron chi connectivity index (χ1n) is 8.35. The zero-order chi connectivity index (χ0) is 19.3. The summed E-state index contributed by atoms with van der Waals surface area (Å²) >= 11 is 3.37. The summed E-state index contributed by atoms with van der Waals surface area (Å²) in [6, 6.07) is 7.50. The van der Waals surface area contributed by atoms with Gasteiger partial charge in [-0.3, -0.25) is 4.79 Å². The number of nitrogens with zero attached hydrogens (tertiary/aromatic N) is 1. The van der Waals surface area contributed by atoms with E-state index in [2.05, 4.69) is 20.9 Å². The quantitative estimate of drug-likeness (QED) is 0.690. The largest absolute Gasteiger partial charge is 0.492 e. The van der Waals surface area contributed by atoms with E-state index >= 15 is 0 Å². The van der Waals surface area contributed by atoms with E-state index in [4.69, 9.17) is 9.47 Å². The van der Waals surface area contributed by atoms with Crippen molar-refractivity contribution in [2.75, 3.05) is 26.8 Å². The van der Waals surface area contributed by atoms with Gasteiger partial charge < -0.3 is 19.4 Å². The lowest BCUT2D eigenvalue weighted by atomic mass is 10.1. The Hall–Kier alpha value is -2.28. The topological polar surface area (TPSA) is 71.6 Å². The lowest BCUT2D eigenvalue weighted by Gasteiger charge is -2.17. The lowest BCUT2D eigenvalue weighted by molar-refractivity contribution is 0.0525. The molecule has 0 saturated heterocycles. The molecule has 0 radical (unpaired) electrons. The van der Waals surface area contributed by atoms with Gasteiger partial charge in [0.05, 0.1) is 18.7 Å². The van der Waals surface area contributed by atoms with Crippen LogP contribution >= 0.6 is 15.9 Å². The maximum Gasteiger partial charge on any atom is 0.340 e. The number of likely N-dealkylation sites (N-methyl/N-ethyl adjacent to an activating group) is 1. The first-order valence-corrected chi connectivity index (χ1v) is 9.14. The number of aromatic amines is 1. The maximum atomic E-state index is 12.7. The van der Waals surface area contributed by atoms with E-state index in [1.54, 1.807) is 32.7 Å². The normalized spacial score (nSPS) is 10.5. The summed E-state index contributed by atoms with van der Waals surface area (Å²) in [5.74, 6) is 0.130. The number of amides is 1. The molecular weight excluding hydrogens is 400 g/mol. The number of halogens is 1. The number of nitrogens with one attached hydrogen (secondary N) is 1. The molecule has 6 nitrogen and oxygen atoms in total. The molecule has 2 aromatic rings. The van der Waals surface area contributed by atoms with Crippen LogP contribution in [0.2, 0.25) is 0 Å². The molecule has 1 aromatic heterocycles. The minimum atomic E-state index is -0.418. The number of hydrogen-bond donors (Lipinski definition) is 1. The zero-order valence-corrected chi connectivity index (χ0v) is 17.0. The third-order valence-electron chi connectivity index (χ3n) is 3.99. The molecular formula is C19H23BrN2O4. The fourth-order valence-corrected chi connectivity index (χ4v) is 2.86. The van der Waals surface area contributed by atoms with Crippen LogP contribution in [0, 0.1) is 13.8 Å². The van der Waals surface area contributed by atoms with E-state index in [0.29, 0.717) is 42.3 Å². The third-order valence-corrected chi connectivity index (χ3v) is 4.52. The predicted molar refractivity (Wildman–Crippen MR) is 103 cm³/mol. The van der Waals surface area contributed by atoms with Crippen LogP contribution in [0.4, 0.5) is 0 Å². The highest BCUT2D eigenvalue weighted by molar-refractivity contribution is 9.10. The molecule has 0 bridgehead atoms. The summed E-state index contributed by atoms with van der Waals surface area (Å²) < 4.78 is 11.7. The van der Waals surface area contributed by atoms with Crippen molar-refractivity contribution in [3.63, 3.8) is 0 Å². The molecule has 0 aliphatic rings. The van der Waals surface area contributed by atoms with Gasteiger partial charge in [0, 0.05) is 17.2 Å². The molecule has 2 rings (SSSR count). The van der Waals surface area contributed by atoms with Crippen LogP contribution in [0.5, 0.6) is 5.75 Å². The van der Waals surface area contributed by atoms with Crippen molar-refractivity contribution in [2.24, 2.45) is 0 Å². The summed E-state index contributed by atoms with van der Waals surface area (Å²) in [5.41, 5.74) is 2.06. The van der Waals surface area contributed by atoms with Crippen molar-refractivity contribution in [1.29, 1.82) is 0 Å². The van der Waals surface area contributed by atoms with Crippen molar-refractivity contribution in [2.45, 2.75) is 20.8 Å². The Balaban J connectivity index is 2.00. The number of aromatic nitrogens is 1. The number of esters is 1. The van der Waals surface area contributed by atoms with Gasteiger partial charge in [-0.15, -0.1) is 0 Å². The average molecular weight is 423 g/mol. The van der Waals surface area contributed by atoms with Crippen molar-refractivity contribution in [3.05, 3.63) is 51.3 Å². The molecule has 0 fully saturated rings. The number of rotatable bonds is 7. The molecule has 0 aliphatic carbocycles. The molecule has 1 heterocycles. The van der Waals surface area contributed by atoms with Crippen LogP contribution in [0.1, 0.15) is 39.0 Å². The van der Waals surface area contributed by atoms with Gasteiger partial charge in [-0.25, -0.2) is 4.79 Å². The number of hydrogen-bond acceptors (Lipinski definition) is 4. The van der Waals surface area contributed by atoms with Gasteiger partial charge in [0.2, 0.25) is 0 Å². The molecule has 1 amide bonds. The fourth-order valence-electron chi connectivity index (χ4n) is 2.60. The molecule has 0 spiro atoms. The van der Waals surface area contributed by atoms with Crippen LogP contribution in [0.15, 0.2) is 28.7 Å². The van der Waals surface area contributed by atoms with E-state index in [-0.39, 0.29) is 5.91 Å². The summed E-state index contributed by atoms with van der Waals surface area (Å²) in [5, 5.41) is 0. The van der Waals surface area contributed by atoms with Gasteiger partial charge in [-0.2, -0.15) is 0 Å². The molecule has 140 valence electrons. The van der Waals surface area contributed by atoms with Gasteiger partial charge in [-0.05, 0) is 50.6 Å². The second-order valence-electron chi connectivity index (χ2n) is 5.87. The van der Waals surface area contributed by atoms with E-state index in [1.807, 2.05) is 24.3 Å². The number of H-pyrrole nitrogens is 1. The van der Waals surface area contributed by atoms with Crippen LogP contribution in [-0.2, 0) is 4.74 Å². The smallest absolute Gasteiger partial charge is 0.340 e. The second kappa shape index (κ2) is 8.89. The summed E-state index contributed by atoms with van der Waals surface area (Å²) in [7, 11) is 1.70. The van der Waals surface area contributed by atoms with Crippen LogP contribution in [0.25, 0.3) is 0 Å². The number of ether oxygens (including phenoxy) is 2. The van der Waals surface area contributed by atoms with Crippen molar-refractivity contribution in [1.82, 2.24) is 9.88 Å². The van der Waals surface area contributed by atoms with Gasteiger partial charge in [-0.1, -0.05) is 15.9 Å². The van der Waals surface area contributed by atoms with Gasteiger partial charge in [0.25, 0.3) is 5.91 Å². The molecule has 1 N–H and O–H groups in total. The Kier molecular flexibility index (Phi) is 6.85. The number of carbonyl (C=O) groups is 2. The SMILES string of the molecule is CCOC(=O)c1c(C)[nH]c(C(=O)N(C)CCOc2ccc(Br)cc2)c1C. The minimum absolute atomic E-state index is 0.194. The Labute approximate surface area is 161 Å². The number of aryl methyl sites for hydroxylation is 1. The molecule has 0 aliphatic heterocycles. The highest BCUT2D eigenvalue weighted by atomic mass is 79.9. The van der Waals surface area contributed by atoms with Crippen LogP contribution in [-0.4, -0.2) is 48.6 Å². The molecule has 0 atom stereocenters. The zero-order valence-electron chi connectivity index (χ0n) is 15.4. The minimum Gasteiger partial charge on any atom is -0.492 e. The lowest BCUT2D eigenvalue weighted by Crippen LogP contribution is -2.31. The Morgan fingerprint density at radius 3 is 2.46 bits per heavy atom. The molecule has 0 saturated carbocycles. The van der Waals surface area contributed by atoms with Crippen molar-refractivity contribution >= 4 is 27.8 Å². The van der Waals surface area contributed by atoms with Crippen molar-refractivity contribution in [3.8, 4) is 5.75 Å². The Morgan fingerprint density at radius 2 is 1.85 bits per heavy atom. The first-order chi connectivity index (χ1) is 12.3. The highest BCUT2D eigenvalue weighted by Crippen LogP contribution is 2.20. The summed E-state index contributed by atoms with van der Waals surface area (Å²) in [4.78, 5) is 29.3. The molecule has 7 heteroatoms. The Morgan fingerprint density at radius 1 is 1.19 bits per heavy atom. The van der Waals surface area contributed by atoms with Crippen LogP contribution in [0.3, 0.4) is 0 Å². The Bertz CT molecular complexity index is 784. The van der Waals surface area contributed by atoms with E-state index in [1.165, 1.54) is 0 Å². The maximum absolute atomic E-state index is 12.7. The van der Waals surface area contributed by atoms with Gasteiger partial charge >= 0.3 is 5.97 Å². The van der Waals surface area contributed by atoms with Gasteiger partial charge in [0.15, 0.2) is 0 Å². The monoisotopic (exact) mass is 422 g/mol. The third kappa shape index (κ3) is 4.66. The summed E-state index contributed by atoms with van der Waals surface area (Å²) in [6.45, 7) is 6.33. The molecule has 26 heavy (non-hydrogen) atoms. The highest BCUT2D eigenvalue weighted by Gasteiger charge is 2.24. The predicted octanol–water partition coefficient (Wildman–Crippen LogP) is 3.72. The first kappa shape index (κ1) is 20.0. The second-order valence-corrected chi connectivity index (χ2v) is 6.79. The van der Waals surface area contributed by atoms with E-state index < -0.39 is 5.97 Å².